The van der Waals surface area contributed by atoms with Crippen LogP contribution in [0, 0.1) is 5.21 Å². The van der Waals surface area contributed by atoms with Crippen molar-refractivity contribution in [2.75, 3.05) is 0 Å². The van der Waals surface area contributed by atoms with Gasteiger partial charge in [-0.3, -0.25) is 0 Å². The first-order chi connectivity index (χ1) is 3.80. The average Bonchev–Trinajstić information content (AvgIpc) is 1.77. The first-order valence-corrected chi connectivity index (χ1v) is 2.64. The van der Waals surface area contributed by atoms with E-state index in [2.05, 4.69) is 12.2 Å². The summed E-state index contributed by atoms with van der Waals surface area (Å²) < 4.78 is 0. The second-order valence-electron chi connectivity index (χ2n) is 1.45. The van der Waals surface area contributed by atoms with Crippen LogP contribution in [0.5, 0.6) is 0 Å². The van der Waals surface area contributed by atoms with Gasteiger partial charge in [-0.25, -0.2) is 0 Å². The Morgan fingerprint density at radius 1 is 1.27 bits per heavy atom. The fourth-order valence-electron chi connectivity index (χ4n) is 0.450. The summed E-state index contributed by atoms with van der Waals surface area (Å²) in [5.74, 6) is 0. The number of hydrogen-bond acceptors (Lipinski definition) is 2. The molecule has 1 aliphatic heterocycles. The molecule has 0 bridgehead atoms. The van der Waals surface area contributed by atoms with Gasteiger partial charge in [0.15, 0.2) is 0 Å². The monoisotopic (exact) mass is 394 g/mol. The maximum Gasteiger partial charge on any atom is 0.201 e. The molecule has 0 aromatic carbocycles. The summed E-state index contributed by atoms with van der Waals surface area (Å²) >= 11 is 4.64. The van der Waals surface area contributed by atoms with E-state index >= 15 is 0 Å². The van der Waals surface area contributed by atoms with Crippen molar-refractivity contribution >= 4 is 17.2 Å². The van der Waals surface area contributed by atoms with E-state index in [1.807, 2.05) is 0 Å². The van der Waals surface area contributed by atoms with Crippen molar-refractivity contribution in [1.82, 2.24) is 0 Å². The molecule has 0 saturated carbocycles. The molecule has 1 heterocycles. The SMILES string of the molecule is [Au].[Cl-].[Cl-].[O-][NH+]1C=CC=CC1=S. The zero-order valence-electron chi connectivity index (χ0n) is 5.18. The molecule has 0 aromatic rings. The third kappa shape index (κ3) is 6.02. The van der Waals surface area contributed by atoms with Crippen molar-refractivity contribution in [1.29, 1.82) is 0 Å². The average molecular weight is 395 g/mol. The van der Waals surface area contributed by atoms with E-state index in [4.69, 9.17) is 0 Å². The van der Waals surface area contributed by atoms with Crippen LogP contribution in [0.25, 0.3) is 0 Å². The molecule has 11 heavy (non-hydrogen) atoms. The Kier molecular flexibility index (Phi) is 14.4. The Hall–Kier alpha value is 0.810. The number of rotatable bonds is 0. The molecule has 0 saturated heterocycles. The smallest absolute Gasteiger partial charge is 0.201 e. The van der Waals surface area contributed by atoms with Crippen LogP contribution in [0.2, 0.25) is 0 Å². The minimum atomic E-state index is -0.0671. The van der Waals surface area contributed by atoms with Gasteiger partial charge in [0.2, 0.25) is 4.99 Å². The first-order valence-electron chi connectivity index (χ1n) is 2.24. The molecule has 1 atom stereocenters. The topological polar surface area (TPSA) is 27.5 Å². The fraction of sp³-hybridized carbons (Fsp3) is 0. The van der Waals surface area contributed by atoms with E-state index < -0.39 is 0 Å². The van der Waals surface area contributed by atoms with Crippen LogP contribution in [0.3, 0.4) is 0 Å². The molecule has 1 unspecified atom stereocenters. The van der Waals surface area contributed by atoms with Gasteiger partial charge in [-0.05, 0) is 18.3 Å². The number of thiocarbonyl (C=S) groups is 1. The third-order valence-electron chi connectivity index (χ3n) is 0.849. The van der Waals surface area contributed by atoms with Crippen molar-refractivity contribution in [3.63, 3.8) is 0 Å². The molecule has 0 spiro atoms. The Labute approximate surface area is 98.6 Å². The van der Waals surface area contributed by atoms with Crippen LogP contribution in [-0.4, -0.2) is 4.99 Å². The van der Waals surface area contributed by atoms with Crippen molar-refractivity contribution in [2.45, 2.75) is 0 Å². The van der Waals surface area contributed by atoms with E-state index in [0.717, 1.165) is 0 Å². The molecule has 0 amide bonds. The summed E-state index contributed by atoms with van der Waals surface area (Å²) in [7, 11) is 0. The van der Waals surface area contributed by atoms with Gasteiger partial charge in [-0.1, -0.05) is 6.08 Å². The second kappa shape index (κ2) is 8.90. The minimum absolute atomic E-state index is 0. The van der Waals surface area contributed by atoms with E-state index in [0.29, 0.717) is 4.99 Å². The van der Waals surface area contributed by atoms with Gasteiger partial charge in [0.05, 0.1) is 6.20 Å². The molecule has 1 rings (SSSR count). The number of allylic oxidation sites excluding steroid dienone is 2. The number of hydroxylamine groups is 2. The second-order valence-corrected chi connectivity index (χ2v) is 1.89. The van der Waals surface area contributed by atoms with E-state index in [1.54, 1.807) is 18.2 Å². The Bertz CT molecular complexity index is 174. The Morgan fingerprint density at radius 3 is 2.09 bits per heavy atom. The number of nitrogens with one attached hydrogen (secondary N) is 1. The van der Waals surface area contributed by atoms with Crippen LogP contribution in [0.4, 0.5) is 0 Å². The summed E-state index contributed by atoms with van der Waals surface area (Å²) in [6.07, 6.45) is 6.52. The van der Waals surface area contributed by atoms with Crippen LogP contribution in [-0.2, 0) is 22.4 Å². The first kappa shape index (κ1) is 17.8. The van der Waals surface area contributed by atoms with Crippen molar-refractivity contribution in [3.05, 3.63) is 29.6 Å². The summed E-state index contributed by atoms with van der Waals surface area (Å²) in [6.45, 7) is 0. The fourth-order valence-corrected chi connectivity index (χ4v) is 0.597. The molecule has 1 radical (unpaired) electrons. The van der Waals surface area contributed by atoms with Crippen molar-refractivity contribution in [2.24, 2.45) is 0 Å². The molecule has 1 N–H and O–H groups in total. The van der Waals surface area contributed by atoms with Crippen LogP contribution in [0.1, 0.15) is 0 Å². The molecule has 0 aliphatic carbocycles. The van der Waals surface area contributed by atoms with Crippen LogP contribution < -0.4 is 29.9 Å². The third-order valence-corrected chi connectivity index (χ3v) is 1.19. The molecule has 6 heteroatoms. The summed E-state index contributed by atoms with van der Waals surface area (Å²) in [6, 6.07) is 0. The predicted molar refractivity (Wildman–Crippen MR) is 35.2 cm³/mol. The van der Waals surface area contributed by atoms with Crippen LogP contribution in [0.15, 0.2) is 24.4 Å². The van der Waals surface area contributed by atoms with E-state index in [9.17, 15) is 5.21 Å². The molecule has 1 aliphatic rings. The largest absolute Gasteiger partial charge is 1.00 e. The molecule has 69 valence electrons. The van der Waals surface area contributed by atoms with Gasteiger partial charge in [0.1, 0.15) is 0 Å². The molecule has 2 nitrogen and oxygen atoms in total. The van der Waals surface area contributed by atoms with Gasteiger partial charge in [0.25, 0.3) is 0 Å². The van der Waals surface area contributed by atoms with E-state index in [1.165, 1.54) is 6.20 Å². The number of quaternary nitrogens is 1. The normalized spacial score (nSPS) is 19.4. The maximum atomic E-state index is 10.5. The van der Waals surface area contributed by atoms with Gasteiger partial charge in [-0.2, -0.15) is 0 Å². The van der Waals surface area contributed by atoms with Crippen LogP contribution >= 0.6 is 12.2 Å². The minimum Gasteiger partial charge on any atom is -1.00 e. The van der Waals surface area contributed by atoms with Crippen molar-refractivity contribution < 1.29 is 52.3 Å². The number of halogens is 2. The molecular weight excluding hydrogens is 390 g/mol. The molecular formula is C5H5AuCl2NOS-2. The van der Waals surface area contributed by atoms with Gasteiger partial charge < -0.3 is 35.1 Å². The van der Waals surface area contributed by atoms with Gasteiger partial charge in [-0.15, -0.1) is 0 Å². The quantitative estimate of drug-likeness (QED) is 0.251. The maximum absolute atomic E-state index is 10.5. The number of hydrogen-bond donors (Lipinski definition) is 1. The van der Waals surface area contributed by atoms with E-state index in [-0.39, 0.29) is 52.3 Å². The Balaban J connectivity index is -0.000000213. The molecule has 0 aromatic heterocycles. The predicted octanol–water partition coefficient (Wildman–Crippen LogP) is -6.21. The zero-order chi connectivity index (χ0) is 5.98. The summed E-state index contributed by atoms with van der Waals surface area (Å²) in [4.78, 5) is 0.396. The standard InChI is InChI=1S/C5H5NOS.Au.2ClH/c7-6-4-2-1-3-5(6)8;;;/h1-4,6H;;2*1H/p-2. The summed E-state index contributed by atoms with van der Waals surface area (Å²) in [5.41, 5.74) is 0. The molecule has 0 fully saturated rings. The van der Waals surface area contributed by atoms with Gasteiger partial charge in [0, 0.05) is 28.5 Å². The van der Waals surface area contributed by atoms with Crippen molar-refractivity contribution in [3.8, 4) is 0 Å². The zero-order valence-corrected chi connectivity index (χ0v) is 9.68. The summed E-state index contributed by atoms with van der Waals surface area (Å²) in [5, 5.41) is 10.4. The van der Waals surface area contributed by atoms with Gasteiger partial charge >= 0.3 is 0 Å². The Morgan fingerprint density at radius 2 is 1.82 bits per heavy atom.